The van der Waals surface area contributed by atoms with Crippen LogP contribution in [0.4, 0.5) is 0 Å². The van der Waals surface area contributed by atoms with Crippen LogP contribution in [0.2, 0.25) is 0 Å². The summed E-state index contributed by atoms with van der Waals surface area (Å²) >= 11 is 0. The average Bonchev–Trinajstić information content (AvgIpc) is 2.73. The molecule has 2 N–H and O–H groups in total. The first-order valence-electron chi connectivity index (χ1n) is 10.1. The number of benzene rings is 2. The van der Waals surface area contributed by atoms with Crippen molar-refractivity contribution in [2.45, 2.75) is 38.0 Å². The summed E-state index contributed by atoms with van der Waals surface area (Å²) in [7, 11) is 1.76. The third kappa shape index (κ3) is 3.94. The second kappa shape index (κ2) is 8.57. The van der Waals surface area contributed by atoms with Gasteiger partial charge in [0.25, 0.3) is 5.56 Å². The number of hydrogen-bond donors (Lipinski definition) is 2. The first-order chi connectivity index (χ1) is 13.8. The Morgan fingerprint density at radius 1 is 1.25 bits per heavy atom. The second-order valence-electron chi connectivity index (χ2n) is 7.49. The summed E-state index contributed by atoms with van der Waals surface area (Å²) in [5.41, 5.74) is 4.77. The third-order valence-electron chi connectivity index (χ3n) is 5.78. The molecule has 0 amide bonds. The SMILES string of the molecule is COc1cccc2c1CCCC2CCNCCc1ccc2c(=O)nc[nH]c2c1. The van der Waals surface area contributed by atoms with Gasteiger partial charge in [-0.1, -0.05) is 18.2 Å². The Kier molecular flexibility index (Phi) is 5.72. The van der Waals surface area contributed by atoms with Gasteiger partial charge in [-0.15, -0.1) is 0 Å². The lowest BCUT2D eigenvalue weighted by Crippen LogP contribution is -2.22. The van der Waals surface area contributed by atoms with Crippen LogP contribution in [0.3, 0.4) is 0 Å². The maximum Gasteiger partial charge on any atom is 0.280 e. The molecule has 4 rings (SSSR count). The Hall–Kier alpha value is -2.66. The van der Waals surface area contributed by atoms with Gasteiger partial charge in [0.2, 0.25) is 0 Å². The van der Waals surface area contributed by atoms with Crippen LogP contribution in [0.1, 0.15) is 41.9 Å². The van der Waals surface area contributed by atoms with Gasteiger partial charge in [-0.05, 0) is 86.0 Å². The lowest BCUT2D eigenvalue weighted by molar-refractivity contribution is 0.401. The molecule has 2 aromatic carbocycles. The first-order valence-corrected chi connectivity index (χ1v) is 10.1. The fraction of sp³-hybridized carbons (Fsp3) is 0.391. The zero-order valence-corrected chi connectivity index (χ0v) is 16.3. The minimum atomic E-state index is -0.178. The summed E-state index contributed by atoms with van der Waals surface area (Å²) in [5, 5.41) is 4.23. The van der Waals surface area contributed by atoms with Gasteiger partial charge in [-0.3, -0.25) is 4.79 Å². The summed E-state index contributed by atoms with van der Waals surface area (Å²) < 4.78 is 5.55. The van der Waals surface area contributed by atoms with E-state index in [2.05, 4.69) is 33.5 Å². The number of nitrogens with one attached hydrogen (secondary N) is 2. The number of fused-ring (bicyclic) bond motifs is 2. The van der Waals surface area contributed by atoms with Crippen molar-refractivity contribution in [2.24, 2.45) is 0 Å². The predicted molar refractivity (Wildman–Crippen MR) is 112 cm³/mol. The van der Waals surface area contributed by atoms with Crippen LogP contribution in [0.5, 0.6) is 5.75 Å². The zero-order valence-electron chi connectivity index (χ0n) is 16.3. The Labute approximate surface area is 165 Å². The molecule has 1 atom stereocenters. The molecule has 0 aliphatic heterocycles. The van der Waals surface area contributed by atoms with E-state index in [1.54, 1.807) is 7.11 Å². The van der Waals surface area contributed by atoms with E-state index in [-0.39, 0.29) is 5.56 Å². The van der Waals surface area contributed by atoms with Crippen LogP contribution >= 0.6 is 0 Å². The van der Waals surface area contributed by atoms with E-state index in [9.17, 15) is 4.79 Å². The number of rotatable bonds is 7. The Morgan fingerprint density at radius 2 is 2.18 bits per heavy atom. The van der Waals surface area contributed by atoms with Crippen LogP contribution in [-0.2, 0) is 12.8 Å². The van der Waals surface area contributed by atoms with Gasteiger partial charge in [0.15, 0.2) is 0 Å². The van der Waals surface area contributed by atoms with Crippen molar-refractivity contribution in [3.8, 4) is 5.75 Å². The second-order valence-corrected chi connectivity index (χ2v) is 7.49. The van der Waals surface area contributed by atoms with Gasteiger partial charge in [0.05, 0.1) is 24.3 Å². The van der Waals surface area contributed by atoms with E-state index in [1.807, 2.05) is 18.2 Å². The summed E-state index contributed by atoms with van der Waals surface area (Å²) in [5.74, 6) is 1.66. The number of aromatic amines is 1. The highest BCUT2D eigenvalue weighted by Crippen LogP contribution is 2.38. The standard InChI is InChI=1S/C23H27N3O2/c1-28-22-7-3-5-18-17(4-2-6-19(18)22)11-13-24-12-10-16-8-9-20-21(14-16)25-15-26-23(20)27/h3,5,7-9,14-15,17,24H,2,4,6,10-13H2,1H3,(H,25,26,27). The lowest BCUT2D eigenvalue weighted by atomic mass is 9.80. The molecule has 0 radical (unpaired) electrons. The summed E-state index contributed by atoms with van der Waals surface area (Å²) in [4.78, 5) is 18.5. The topological polar surface area (TPSA) is 67.0 Å². The van der Waals surface area contributed by atoms with E-state index in [1.165, 1.54) is 35.9 Å². The summed E-state index contributed by atoms with van der Waals surface area (Å²) in [6.07, 6.45) is 7.18. The van der Waals surface area contributed by atoms with Crippen molar-refractivity contribution >= 4 is 10.9 Å². The number of H-pyrrole nitrogens is 1. The molecule has 0 bridgehead atoms. The number of hydrogen-bond acceptors (Lipinski definition) is 4. The molecular weight excluding hydrogens is 350 g/mol. The molecule has 1 unspecified atom stereocenters. The lowest BCUT2D eigenvalue weighted by Gasteiger charge is -2.27. The molecule has 1 aliphatic rings. The van der Waals surface area contributed by atoms with Crippen LogP contribution in [0, 0.1) is 0 Å². The highest BCUT2D eigenvalue weighted by molar-refractivity contribution is 5.77. The normalized spacial score (nSPS) is 16.1. The molecule has 0 spiro atoms. The maximum atomic E-state index is 11.7. The molecule has 1 heterocycles. The number of nitrogens with zero attached hydrogens (tertiary/aromatic N) is 1. The van der Waals surface area contributed by atoms with Crippen molar-refractivity contribution in [2.75, 3.05) is 20.2 Å². The average molecular weight is 377 g/mol. The molecule has 28 heavy (non-hydrogen) atoms. The molecular formula is C23H27N3O2. The number of aromatic nitrogens is 2. The van der Waals surface area contributed by atoms with E-state index in [0.717, 1.165) is 43.6 Å². The minimum absolute atomic E-state index is 0.178. The Bertz CT molecular complexity index is 1010. The number of methoxy groups -OCH3 is 1. The van der Waals surface area contributed by atoms with Gasteiger partial charge in [0.1, 0.15) is 5.75 Å². The fourth-order valence-corrected chi connectivity index (χ4v) is 4.32. The fourth-order valence-electron chi connectivity index (χ4n) is 4.32. The molecule has 0 saturated carbocycles. The molecule has 1 aliphatic carbocycles. The van der Waals surface area contributed by atoms with Gasteiger partial charge in [0, 0.05) is 0 Å². The molecule has 0 saturated heterocycles. The van der Waals surface area contributed by atoms with E-state index >= 15 is 0 Å². The highest BCUT2D eigenvalue weighted by Gasteiger charge is 2.22. The van der Waals surface area contributed by atoms with E-state index < -0.39 is 0 Å². The van der Waals surface area contributed by atoms with Crippen molar-refractivity contribution in [3.05, 3.63) is 69.8 Å². The monoisotopic (exact) mass is 377 g/mol. The third-order valence-corrected chi connectivity index (χ3v) is 5.78. The minimum Gasteiger partial charge on any atom is -0.496 e. The quantitative estimate of drug-likeness (QED) is 0.618. The van der Waals surface area contributed by atoms with Crippen LogP contribution in [0.25, 0.3) is 10.9 Å². The highest BCUT2D eigenvalue weighted by atomic mass is 16.5. The van der Waals surface area contributed by atoms with Crippen molar-refractivity contribution in [1.82, 2.24) is 15.3 Å². The van der Waals surface area contributed by atoms with Crippen LogP contribution in [0.15, 0.2) is 47.5 Å². The molecule has 146 valence electrons. The molecule has 5 nitrogen and oxygen atoms in total. The van der Waals surface area contributed by atoms with E-state index in [4.69, 9.17) is 4.74 Å². The van der Waals surface area contributed by atoms with Crippen LogP contribution < -0.4 is 15.6 Å². The molecule has 1 aromatic heterocycles. The smallest absolute Gasteiger partial charge is 0.280 e. The Morgan fingerprint density at radius 3 is 3.07 bits per heavy atom. The van der Waals surface area contributed by atoms with Crippen molar-refractivity contribution < 1.29 is 4.74 Å². The van der Waals surface area contributed by atoms with Gasteiger partial charge < -0.3 is 15.0 Å². The first kappa shape index (κ1) is 18.7. The van der Waals surface area contributed by atoms with Crippen LogP contribution in [-0.4, -0.2) is 30.2 Å². The largest absolute Gasteiger partial charge is 0.496 e. The number of ether oxygens (including phenoxy) is 1. The zero-order chi connectivity index (χ0) is 19.3. The summed E-state index contributed by atoms with van der Waals surface area (Å²) in [6.45, 7) is 1.94. The molecule has 5 heteroatoms. The van der Waals surface area contributed by atoms with Gasteiger partial charge in [-0.2, -0.15) is 4.98 Å². The van der Waals surface area contributed by atoms with E-state index in [0.29, 0.717) is 11.3 Å². The predicted octanol–water partition coefficient (Wildman–Crippen LogP) is 3.57. The summed E-state index contributed by atoms with van der Waals surface area (Å²) in [6, 6.07) is 12.4. The van der Waals surface area contributed by atoms with Gasteiger partial charge >= 0.3 is 0 Å². The molecule has 3 aromatic rings. The maximum absolute atomic E-state index is 11.7. The van der Waals surface area contributed by atoms with Crippen molar-refractivity contribution in [3.63, 3.8) is 0 Å². The Balaban J connectivity index is 1.30. The molecule has 0 fully saturated rings. The van der Waals surface area contributed by atoms with Crippen molar-refractivity contribution in [1.29, 1.82) is 0 Å². The van der Waals surface area contributed by atoms with Gasteiger partial charge in [-0.25, -0.2) is 0 Å².